The molecule has 2 N–H and O–H groups in total. The number of carboxylic acid groups (broad SMARTS) is 1. The van der Waals surface area contributed by atoms with E-state index < -0.39 is 17.4 Å². The van der Waals surface area contributed by atoms with Crippen LogP contribution in [0.25, 0.3) is 0 Å². The van der Waals surface area contributed by atoms with Crippen molar-refractivity contribution in [1.29, 1.82) is 0 Å². The van der Waals surface area contributed by atoms with Crippen LogP contribution >= 0.6 is 0 Å². The average Bonchev–Trinajstić information content (AvgIpc) is 2.14. The molecule has 80 valence electrons. The first kappa shape index (κ1) is 10.1. The summed E-state index contributed by atoms with van der Waals surface area (Å²) in [7, 11) is 0. The average molecular weight is 210 g/mol. The van der Waals surface area contributed by atoms with Gasteiger partial charge in [0.1, 0.15) is 5.82 Å². The summed E-state index contributed by atoms with van der Waals surface area (Å²) in [5.74, 6) is -1.81. The summed E-state index contributed by atoms with van der Waals surface area (Å²) in [6.07, 6.45) is 1.95. The summed E-state index contributed by atoms with van der Waals surface area (Å²) in [5, 5.41) is 18.5. The maximum atomic E-state index is 13.5. The SMILES string of the molecule is O=C(O)c1ccc(C2(O)CCC2)c(F)c1. The summed E-state index contributed by atoms with van der Waals surface area (Å²) in [6.45, 7) is 0. The Morgan fingerprint density at radius 3 is 2.47 bits per heavy atom. The summed E-state index contributed by atoms with van der Waals surface area (Å²) in [5.41, 5.74) is -0.973. The Labute approximate surface area is 86.2 Å². The zero-order valence-corrected chi connectivity index (χ0v) is 8.03. The molecule has 0 radical (unpaired) electrons. The lowest BCUT2D eigenvalue weighted by molar-refractivity contribution is -0.0416. The molecule has 1 saturated carbocycles. The van der Waals surface area contributed by atoms with Gasteiger partial charge < -0.3 is 10.2 Å². The zero-order valence-electron chi connectivity index (χ0n) is 8.03. The number of hydrogen-bond donors (Lipinski definition) is 2. The lowest BCUT2D eigenvalue weighted by atomic mass is 9.75. The van der Waals surface area contributed by atoms with Crippen molar-refractivity contribution in [3.05, 3.63) is 35.1 Å². The normalized spacial score (nSPS) is 18.3. The molecule has 2 rings (SSSR count). The number of rotatable bonds is 2. The van der Waals surface area contributed by atoms with Gasteiger partial charge >= 0.3 is 5.97 Å². The first-order valence-electron chi connectivity index (χ1n) is 4.79. The monoisotopic (exact) mass is 210 g/mol. The fraction of sp³-hybridized carbons (Fsp3) is 0.364. The second-order valence-corrected chi connectivity index (χ2v) is 3.88. The fourth-order valence-corrected chi connectivity index (χ4v) is 1.81. The number of carbonyl (C=O) groups is 1. The lowest BCUT2D eigenvalue weighted by Gasteiger charge is -2.37. The van der Waals surface area contributed by atoms with Gasteiger partial charge in [-0.3, -0.25) is 0 Å². The van der Waals surface area contributed by atoms with Crippen molar-refractivity contribution in [2.24, 2.45) is 0 Å². The maximum absolute atomic E-state index is 13.5. The second-order valence-electron chi connectivity index (χ2n) is 3.88. The minimum atomic E-state index is -1.17. The van der Waals surface area contributed by atoms with Gasteiger partial charge in [-0.25, -0.2) is 9.18 Å². The van der Waals surface area contributed by atoms with E-state index in [2.05, 4.69) is 0 Å². The van der Waals surface area contributed by atoms with Crippen LogP contribution in [0.4, 0.5) is 4.39 Å². The van der Waals surface area contributed by atoms with E-state index in [1.54, 1.807) is 0 Å². The molecule has 1 aromatic carbocycles. The molecule has 1 fully saturated rings. The van der Waals surface area contributed by atoms with E-state index in [4.69, 9.17) is 5.11 Å². The molecule has 0 saturated heterocycles. The minimum absolute atomic E-state index is 0.0980. The van der Waals surface area contributed by atoms with Gasteiger partial charge in [-0.1, -0.05) is 6.07 Å². The molecule has 0 amide bonds. The maximum Gasteiger partial charge on any atom is 0.335 e. The third kappa shape index (κ3) is 1.61. The lowest BCUT2D eigenvalue weighted by Crippen LogP contribution is -2.34. The van der Waals surface area contributed by atoms with E-state index in [0.29, 0.717) is 12.8 Å². The highest BCUT2D eigenvalue weighted by atomic mass is 19.1. The highest BCUT2D eigenvalue weighted by Crippen LogP contribution is 2.42. The first-order valence-corrected chi connectivity index (χ1v) is 4.79. The van der Waals surface area contributed by atoms with Gasteiger partial charge in [-0.15, -0.1) is 0 Å². The van der Waals surface area contributed by atoms with Gasteiger partial charge in [0.05, 0.1) is 11.2 Å². The largest absolute Gasteiger partial charge is 0.478 e. The molecule has 1 aliphatic rings. The fourth-order valence-electron chi connectivity index (χ4n) is 1.81. The van der Waals surface area contributed by atoms with Crippen molar-refractivity contribution in [1.82, 2.24) is 0 Å². The van der Waals surface area contributed by atoms with E-state index in [-0.39, 0.29) is 11.1 Å². The second kappa shape index (κ2) is 3.31. The van der Waals surface area contributed by atoms with Crippen LogP contribution in [-0.4, -0.2) is 16.2 Å². The molecule has 4 heteroatoms. The number of hydrogen-bond acceptors (Lipinski definition) is 2. The number of benzene rings is 1. The highest BCUT2D eigenvalue weighted by Gasteiger charge is 2.38. The quantitative estimate of drug-likeness (QED) is 0.783. The predicted molar refractivity (Wildman–Crippen MR) is 51.1 cm³/mol. The van der Waals surface area contributed by atoms with Crippen molar-refractivity contribution in [3.63, 3.8) is 0 Å². The molecule has 1 aliphatic carbocycles. The van der Waals surface area contributed by atoms with E-state index in [1.165, 1.54) is 12.1 Å². The highest BCUT2D eigenvalue weighted by molar-refractivity contribution is 5.87. The number of aromatic carboxylic acids is 1. The smallest absolute Gasteiger partial charge is 0.335 e. The minimum Gasteiger partial charge on any atom is -0.478 e. The summed E-state index contributed by atoms with van der Waals surface area (Å²) in [6, 6.07) is 3.63. The van der Waals surface area contributed by atoms with Crippen molar-refractivity contribution in [2.45, 2.75) is 24.9 Å². The molecule has 1 aromatic rings. The molecule has 0 bridgehead atoms. The molecule has 0 aromatic heterocycles. The molecule has 0 spiro atoms. The molecular weight excluding hydrogens is 199 g/mol. The van der Waals surface area contributed by atoms with Crippen LogP contribution in [0.2, 0.25) is 0 Å². The van der Waals surface area contributed by atoms with E-state index in [0.717, 1.165) is 12.5 Å². The third-order valence-corrected chi connectivity index (χ3v) is 2.90. The Hall–Kier alpha value is -1.42. The van der Waals surface area contributed by atoms with Crippen molar-refractivity contribution in [3.8, 4) is 0 Å². The molecule has 0 unspecified atom stereocenters. The Kier molecular flexibility index (Phi) is 2.23. The van der Waals surface area contributed by atoms with Crippen molar-refractivity contribution >= 4 is 5.97 Å². The summed E-state index contributed by atoms with van der Waals surface area (Å²) < 4.78 is 13.5. The predicted octanol–water partition coefficient (Wildman–Crippen LogP) is 1.90. The number of halogens is 1. The van der Waals surface area contributed by atoms with Crippen LogP contribution in [0.3, 0.4) is 0 Å². The van der Waals surface area contributed by atoms with Crippen molar-refractivity contribution in [2.75, 3.05) is 0 Å². The van der Waals surface area contributed by atoms with Crippen LogP contribution in [0.1, 0.15) is 35.2 Å². The first-order chi connectivity index (χ1) is 7.03. The summed E-state index contributed by atoms with van der Waals surface area (Å²) >= 11 is 0. The molecule has 0 heterocycles. The zero-order chi connectivity index (χ0) is 11.1. The number of carboxylic acids is 1. The van der Waals surface area contributed by atoms with Gasteiger partial charge in [0.25, 0.3) is 0 Å². The van der Waals surface area contributed by atoms with E-state index in [1.807, 2.05) is 0 Å². The van der Waals surface area contributed by atoms with Gasteiger partial charge in [-0.2, -0.15) is 0 Å². The molecule has 0 atom stereocenters. The van der Waals surface area contributed by atoms with E-state index in [9.17, 15) is 14.3 Å². The Morgan fingerprint density at radius 2 is 2.07 bits per heavy atom. The Bertz CT molecular complexity index is 410. The Balaban J connectivity index is 2.38. The summed E-state index contributed by atoms with van der Waals surface area (Å²) in [4.78, 5) is 10.6. The van der Waals surface area contributed by atoms with Gasteiger partial charge in [0.15, 0.2) is 0 Å². The van der Waals surface area contributed by atoms with Crippen LogP contribution in [0.15, 0.2) is 18.2 Å². The van der Waals surface area contributed by atoms with Crippen molar-refractivity contribution < 1.29 is 19.4 Å². The standard InChI is InChI=1S/C11H11FO3/c12-9-6-7(10(13)14)2-3-8(9)11(15)4-1-5-11/h2-3,6,15H,1,4-5H2,(H,13,14). The van der Waals surface area contributed by atoms with Gasteiger partial charge in [0, 0.05) is 5.56 Å². The molecular formula is C11H11FO3. The third-order valence-electron chi connectivity index (χ3n) is 2.90. The van der Waals surface area contributed by atoms with Gasteiger partial charge in [0.2, 0.25) is 0 Å². The van der Waals surface area contributed by atoms with Crippen LogP contribution in [0.5, 0.6) is 0 Å². The van der Waals surface area contributed by atoms with Crippen LogP contribution < -0.4 is 0 Å². The molecule has 3 nitrogen and oxygen atoms in total. The van der Waals surface area contributed by atoms with Gasteiger partial charge in [-0.05, 0) is 31.4 Å². The van der Waals surface area contributed by atoms with Crippen LogP contribution in [0, 0.1) is 5.82 Å². The topological polar surface area (TPSA) is 57.5 Å². The van der Waals surface area contributed by atoms with Crippen LogP contribution in [-0.2, 0) is 5.60 Å². The Morgan fingerprint density at radius 1 is 1.40 bits per heavy atom. The van der Waals surface area contributed by atoms with E-state index >= 15 is 0 Å². The molecule has 0 aliphatic heterocycles. The molecule has 15 heavy (non-hydrogen) atoms. The number of aliphatic hydroxyl groups is 1.